The molecule has 2 aromatic carbocycles. The number of benzene rings is 2. The fraction of sp³-hybridized carbons (Fsp3) is 0.238. The number of amides is 2. The van der Waals surface area contributed by atoms with E-state index in [1.807, 2.05) is 67.6 Å². The van der Waals surface area contributed by atoms with Crippen molar-refractivity contribution in [3.8, 4) is 0 Å². The van der Waals surface area contributed by atoms with Crippen molar-refractivity contribution < 1.29 is 9.59 Å². The Hall–Kier alpha value is -2.68. The van der Waals surface area contributed by atoms with E-state index in [0.717, 1.165) is 23.1 Å². The molecular weight excluding hydrogens is 298 g/mol. The molecule has 0 spiro atoms. The Labute approximate surface area is 143 Å². The number of hydrogen-bond acceptors (Lipinski definition) is 2. The van der Waals surface area contributed by atoms with Crippen LogP contribution in [0.5, 0.6) is 0 Å². The molecule has 0 aliphatic carbocycles. The van der Waals surface area contributed by atoms with Gasteiger partial charge in [0.05, 0.1) is 0 Å². The zero-order valence-corrected chi connectivity index (χ0v) is 14.2. The maximum Gasteiger partial charge on any atom is 0.253 e. The average Bonchev–Trinajstić information content (AvgIpc) is 2.64. The van der Waals surface area contributed by atoms with Gasteiger partial charge in [-0.2, -0.15) is 0 Å². The van der Waals surface area contributed by atoms with E-state index in [9.17, 15) is 9.59 Å². The molecule has 2 aromatic rings. The Kier molecular flexibility index (Phi) is 6.50. The van der Waals surface area contributed by atoms with E-state index in [4.69, 9.17) is 0 Å². The minimum atomic E-state index is -0.258. The van der Waals surface area contributed by atoms with Crippen molar-refractivity contribution in [1.82, 2.24) is 4.90 Å². The summed E-state index contributed by atoms with van der Waals surface area (Å²) in [5.74, 6) is -0.398. The Morgan fingerprint density at radius 3 is 1.79 bits per heavy atom. The van der Waals surface area contributed by atoms with Gasteiger partial charge in [-0.15, -0.1) is 0 Å². The molecule has 2 amide bonds. The molecule has 0 N–H and O–H groups in total. The van der Waals surface area contributed by atoms with Gasteiger partial charge in [-0.05, 0) is 23.1 Å². The van der Waals surface area contributed by atoms with Crippen LogP contribution in [0.4, 0.5) is 0 Å². The molecule has 3 nitrogen and oxygen atoms in total. The zero-order chi connectivity index (χ0) is 17.4. The highest BCUT2D eigenvalue weighted by atomic mass is 16.2. The fourth-order valence-electron chi connectivity index (χ4n) is 2.54. The van der Waals surface area contributed by atoms with E-state index in [2.05, 4.69) is 0 Å². The summed E-state index contributed by atoms with van der Waals surface area (Å²) in [4.78, 5) is 26.1. The Balaban J connectivity index is 2.44. The van der Waals surface area contributed by atoms with E-state index >= 15 is 0 Å². The third-order valence-corrected chi connectivity index (χ3v) is 3.75. The first-order chi connectivity index (χ1) is 11.7. The molecule has 0 aliphatic rings. The van der Waals surface area contributed by atoms with Gasteiger partial charge in [-0.25, -0.2) is 0 Å². The topological polar surface area (TPSA) is 37.4 Å². The summed E-state index contributed by atoms with van der Waals surface area (Å²) in [6.07, 6.45) is 2.65. The Bertz CT molecular complexity index is 664. The summed E-state index contributed by atoms with van der Waals surface area (Å²) >= 11 is 0. The van der Waals surface area contributed by atoms with Gasteiger partial charge >= 0.3 is 0 Å². The quantitative estimate of drug-likeness (QED) is 0.744. The lowest BCUT2D eigenvalue weighted by molar-refractivity contribution is -0.141. The second-order valence-electron chi connectivity index (χ2n) is 5.53. The number of nitrogens with zero attached hydrogens (tertiary/aromatic N) is 1. The van der Waals surface area contributed by atoms with E-state index in [0.29, 0.717) is 13.0 Å². The smallest absolute Gasteiger partial charge is 0.253 e. The van der Waals surface area contributed by atoms with Crippen LogP contribution < -0.4 is 0 Å². The normalized spacial score (nSPS) is 10.1. The highest BCUT2D eigenvalue weighted by molar-refractivity contribution is 6.06. The van der Waals surface area contributed by atoms with Crippen LogP contribution >= 0.6 is 0 Å². The molecular formula is C21H23NO2. The van der Waals surface area contributed by atoms with Gasteiger partial charge in [0, 0.05) is 19.0 Å². The van der Waals surface area contributed by atoms with Crippen molar-refractivity contribution in [2.45, 2.75) is 26.7 Å². The number of imide groups is 1. The highest BCUT2D eigenvalue weighted by Crippen LogP contribution is 2.23. The SMILES string of the molecule is CCCN(C(=O)C=C(c1ccccc1)c1ccccc1)C(=O)CC. The van der Waals surface area contributed by atoms with Crippen LogP contribution in [0.2, 0.25) is 0 Å². The molecule has 0 atom stereocenters. The molecule has 0 unspecified atom stereocenters. The minimum Gasteiger partial charge on any atom is -0.279 e. The summed E-state index contributed by atoms with van der Waals surface area (Å²) in [5.41, 5.74) is 2.74. The molecule has 0 bridgehead atoms. The van der Waals surface area contributed by atoms with Gasteiger partial charge in [0.1, 0.15) is 0 Å². The molecule has 2 rings (SSSR count). The fourth-order valence-corrected chi connectivity index (χ4v) is 2.54. The predicted octanol–water partition coefficient (Wildman–Crippen LogP) is 4.29. The molecule has 0 saturated carbocycles. The van der Waals surface area contributed by atoms with Gasteiger partial charge in [0.25, 0.3) is 5.91 Å². The third kappa shape index (κ3) is 4.42. The highest BCUT2D eigenvalue weighted by Gasteiger charge is 2.18. The van der Waals surface area contributed by atoms with Gasteiger partial charge < -0.3 is 0 Å². The van der Waals surface area contributed by atoms with Crippen LogP contribution in [-0.4, -0.2) is 23.3 Å². The molecule has 0 saturated heterocycles. The summed E-state index contributed by atoms with van der Waals surface area (Å²) in [6.45, 7) is 4.18. The summed E-state index contributed by atoms with van der Waals surface area (Å²) in [7, 11) is 0. The minimum absolute atomic E-state index is 0.140. The predicted molar refractivity (Wildman–Crippen MR) is 97.3 cm³/mol. The molecule has 24 heavy (non-hydrogen) atoms. The molecule has 0 aliphatic heterocycles. The lowest BCUT2D eigenvalue weighted by Crippen LogP contribution is -2.36. The first kappa shape index (κ1) is 17.7. The summed E-state index contributed by atoms with van der Waals surface area (Å²) in [6, 6.07) is 19.5. The molecule has 0 radical (unpaired) electrons. The van der Waals surface area contributed by atoms with E-state index in [-0.39, 0.29) is 11.8 Å². The van der Waals surface area contributed by atoms with Crippen LogP contribution in [-0.2, 0) is 9.59 Å². The van der Waals surface area contributed by atoms with Crippen molar-refractivity contribution in [3.63, 3.8) is 0 Å². The Morgan fingerprint density at radius 2 is 1.38 bits per heavy atom. The third-order valence-electron chi connectivity index (χ3n) is 3.75. The van der Waals surface area contributed by atoms with Crippen LogP contribution in [0.25, 0.3) is 5.57 Å². The van der Waals surface area contributed by atoms with Gasteiger partial charge in [0.15, 0.2) is 0 Å². The number of hydrogen-bond donors (Lipinski definition) is 0. The maximum absolute atomic E-state index is 12.7. The molecule has 0 aromatic heterocycles. The zero-order valence-electron chi connectivity index (χ0n) is 14.2. The lowest BCUT2D eigenvalue weighted by Gasteiger charge is -2.19. The second-order valence-corrected chi connectivity index (χ2v) is 5.53. The van der Waals surface area contributed by atoms with Crippen LogP contribution in [0.3, 0.4) is 0 Å². The number of rotatable bonds is 6. The van der Waals surface area contributed by atoms with Crippen LogP contribution in [0.1, 0.15) is 37.8 Å². The lowest BCUT2D eigenvalue weighted by atomic mass is 9.97. The summed E-state index contributed by atoms with van der Waals surface area (Å²) < 4.78 is 0. The van der Waals surface area contributed by atoms with E-state index in [1.54, 1.807) is 13.0 Å². The van der Waals surface area contributed by atoms with E-state index in [1.165, 1.54) is 4.90 Å². The van der Waals surface area contributed by atoms with Crippen molar-refractivity contribution in [2.75, 3.05) is 6.54 Å². The molecule has 0 fully saturated rings. The molecule has 3 heteroatoms. The largest absolute Gasteiger partial charge is 0.279 e. The second kappa shape index (κ2) is 8.82. The van der Waals surface area contributed by atoms with Gasteiger partial charge in [-0.3, -0.25) is 14.5 Å². The van der Waals surface area contributed by atoms with Crippen molar-refractivity contribution in [2.24, 2.45) is 0 Å². The average molecular weight is 321 g/mol. The number of carbonyl (C=O) groups is 2. The monoisotopic (exact) mass is 321 g/mol. The Morgan fingerprint density at radius 1 is 0.875 bits per heavy atom. The van der Waals surface area contributed by atoms with E-state index < -0.39 is 0 Å². The standard InChI is InChI=1S/C21H23NO2/c1-3-15-22(20(23)4-2)21(24)16-19(17-11-7-5-8-12-17)18-13-9-6-10-14-18/h5-14,16H,3-4,15H2,1-2H3. The summed E-state index contributed by atoms with van der Waals surface area (Å²) in [5, 5.41) is 0. The van der Waals surface area contributed by atoms with Crippen LogP contribution in [0, 0.1) is 0 Å². The first-order valence-electron chi connectivity index (χ1n) is 8.34. The van der Waals surface area contributed by atoms with Crippen molar-refractivity contribution >= 4 is 17.4 Å². The van der Waals surface area contributed by atoms with Crippen molar-refractivity contribution in [3.05, 3.63) is 77.9 Å². The maximum atomic E-state index is 12.7. The van der Waals surface area contributed by atoms with Crippen LogP contribution in [0.15, 0.2) is 66.7 Å². The van der Waals surface area contributed by atoms with Gasteiger partial charge in [0.2, 0.25) is 5.91 Å². The van der Waals surface area contributed by atoms with Crippen molar-refractivity contribution in [1.29, 1.82) is 0 Å². The molecule has 124 valence electrons. The molecule has 0 heterocycles. The number of carbonyl (C=O) groups excluding carboxylic acids is 2. The van der Waals surface area contributed by atoms with Gasteiger partial charge in [-0.1, -0.05) is 74.5 Å². The first-order valence-corrected chi connectivity index (χ1v) is 8.34.